The molecule has 0 aromatic carbocycles. The fraction of sp³-hybridized carbons (Fsp3) is 0.919. The van der Waals surface area contributed by atoms with Crippen molar-refractivity contribution in [3.05, 3.63) is 0 Å². The molecule has 2 atom stereocenters. The highest BCUT2D eigenvalue weighted by molar-refractivity contribution is 5.70. The Hall–Kier alpha value is -1.71. The molecule has 0 aliphatic carbocycles. The van der Waals surface area contributed by atoms with Crippen LogP contribution in [0.1, 0.15) is 162 Å². The smallest absolute Gasteiger partial charge is 0.306 e. The molecular formula is C37H71NO8. The van der Waals surface area contributed by atoms with Crippen LogP contribution < -0.4 is 5.11 Å². The standard InChI is InChI=1S/C37H71NO8/c1-6-8-10-12-14-15-16-17-18-19-20-22-24-26-28-35(40)46-33(31-44-34(39)27-25-23-21-13-11-9-7-2)32-45-37(36(41)42)43-30-29-38(3,4)5/h33,37H,6-32H2,1-5H3. The highest BCUT2D eigenvalue weighted by Crippen LogP contribution is 2.14. The number of aliphatic carboxylic acids is 1. The minimum Gasteiger partial charge on any atom is -0.545 e. The van der Waals surface area contributed by atoms with Crippen LogP contribution in [-0.4, -0.2) is 82.3 Å². The Kier molecular flexibility index (Phi) is 29.5. The van der Waals surface area contributed by atoms with Crippen molar-refractivity contribution < 1.29 is 42.9 Å². The summed E-state index contributed by atoms with van der Waals surface area (Å²) < 4.78 is 22.4. The van der Waals surface area contributed by atoms with E-state index in [2.05, 4.69) is 13.8 Å². The van der Waals surface area contributed by atoms with Crippen LogP contribution in [0.3, 0.4) is 0 Å². The van der Waals surface area contributed by atoms with Gasteiger partial charge in [-0.1, -0.05) is 136 Å². The summed E-state index contributed by atoms with van der Waals surface area (Å²) in [5.41, 5.74) is 0. The van der Waals surface area contributed by atoms with Gasteiger partial charge in [-0.15, -0.1) is 0 Å². The van der Waals surface area contributed by atoms with Crippen LogP contribution in [0.25, 0.3) is 0 Å². The molecule has 0 radical (unpaired) electrons. The number of carboxylic acid groups (broad SMARTS) is 1. The lowest BCUT2D eigenvalue weighted by Crippen LogP contribution is -2.44. The zero-order valence-electron chi connectivity index (χ0n) is 30.5. The number of hydrogen-bond donors (Lipinski definition) is 0. The van der Waals surface area contributed by atoms with Gasteiger partial charge < -0.3 is 33.3 Å². The monoisotopic (exact) mass is 658 g/mol. The van der Waals surface area contributed by atoms with Crippen molar-refractivity contribution in [3.8, 4) is 0 Å². The van der Waals surface area contributed by atoms with Crippen molar-refractivity contribution in [2.45, 2.75) is 174 Å². The van der Waals surface area contributed by atoms with Gasteiger partial charge in [-0.05, 0) is 12.8 Å². The van der Waals surface area contributed by atoms with Crippen molar-refractivity contribution in [3.63, 3.8) is 0 Å². The number of likely N-dealkylation sites (N-methyl/N-ethyl adjacent to an activating group) is 1. The minimum atomic E-state index is -1.61. The van der Waals surface area contributed by atoms with E-state index in [1.165, 1.54) is 96.3 Å². The molecule has 0 spiro atoms. The van der Waals surface area contributed by atoms with Crippen LogP contribution >= 0.6 is 0 Å². The van der Waals surface area contributed by atoms with Gasteiger partial charge >= 0.3 is 11.9 Å². The Labute approximate surface area is 282 Å². The van der Waals surface area contributed by atoms with E-state index in [9.17, 15) is 19.5 Å². The Bertz CT molecular complexity index is 739. The molecule has 0 saturated heterocycles. The van der Waals surface area contributed by atoms with Gasteiger partial charge in [-0.3, -0.25) is 9.59 Å². The van der Waals surface area contributed by atoms with E-state index in [1.54, 1.807) is 0 Å². The zero-order valence-corrected chi connectivity index (χ0v) is 30.5. The van der Waals surface area contributed by atoms with E-state index in [0.29, 0.717) is 17.4 Å². The maximum Gasteiger partial charge on any atom is 0.306 e. The molecule has 272 valence electrons. The SMILES string of the molecule is CCCCCCCCCCCCCCCCC(=O)OC(COC(=O)CCCCCCCCC)COC(OCC[N+](C)(C)C)C(=O)[O-]. The second-order valence-electron chi connectivity index (χ2n) is 13.9. The highest BCUT2D eigenvalue weighted by Gasteiger charge is 2.21. The Morgan fingerprint density at radius 2 is 0.978 bits per heavy atom. The number of carbonyl (C=O) groups is 3. The lowest BCUT2D eigenvalue weighted by molar-refractivity contribution is -0.870. The number of quaternary nitrogens is 1. The van der Waals surface area contributed by atoms with E-state index in [-0.39, 0.29) is 32.2 Å². The van der Waals surface area contributed by atoms with E-state index < -0.39 is 24.3 Å². The molecule has 0 bridgehead atoms. The molecule has 0 heterocycles. The molecule has 2 unspecified atom stereocenters. The Morgan fingerprint density at radius 1 is 0.565 bits per heavy atom. The molecule has 46 heavy (non-hydrogen) atoms. The average Bonchev–Trinajstić information content (AvgIpc) is 3.00. The van der Waals surface area contributed by atoms with Crippen LogP contribution in [0.15, 0.2) is 0 Å². The number of nitrogens with zero attached hydrogens (tertiary/aromatic N) is 1. The maximum atomic E-state index is 12.6. The third kappa shape index (κ3) is 30.9. The first-order chi connectivity index (χ1) is 22.1. The van der Waals surface area contributed by atoms with E-state index in [4.69, 9.17) is 18.9 Å². The van der Waals surface area contributed by atoms with Gasteiger partial charge in [0.25, 0.3) is 0 Å². The van der Waals surface area contributed by atoms with Crippen molar-refractivity contribution in [1.82, 2.24) is 0 Å². The maximum absolute atomic E-state index is 12.6. The predicted octanol–water partition coefficient (Wildman–Crippen LogP) is 7.27. The summed E-state index contributed by atoms with van der Waals surface area (Å²) in [7, 11) is 5.89. The van der Waals surface area contributed by atoms with Gasteiger partial charge in [0.05, 0.1) is 40.3 Å². The Balaban J connectivity index is 4.48. The van der Waals surface area contributed by atoms with Gasteiger partial charge in [0, 0.05) is 12.8 Å². The lowest BCUT2D eigenvalue weighted by Gasteiger charge is -2.26. The van der Waals surface area contributed by atoms with Crippen LogP contribution in [-0.2, 0) is 33.3 Å². The summed E-state index contributed by atoms with van der Waals surface area (Å²) in [6.45, 7) is 4.68. The Morgan fingerprint density at radius 3 is 1.39 bits per heavy atom. The largest absolute Gasteiger partial charge is 0.545 e. The van der Waals surface area contributed by atoms with Gasteiger partial charge in [0.15, 0.2) is 12.4 Å². The fourth-order valence-corrected chi connectivity index (χ4v) is 5.12. The average molecular weight is 658 g/mol. The summed E-state index contributed by atoms with van der Waals surface area (Å²) in [6.07, 6.45) is 22.9. The van der Waals surface area contributed by atoms with Gasteiger partial charge in [0.1, 0.15) is 13.2 Å². The number of carbonyl (C=O) groups excluding carboxylic acids is 3. The van der Waals surface area contributed by atoms with Gasteiger partial charge in [-0.2, -0.15) is 0 Å². The lowest BCUT2D eigenvalue weighted by atomic mass is 10.0. The van der Waals surface area contributed by atoms with E-state index >= 15 is 0 Å². The summed E-state index contributed by atoms with van der Waals surface area (Å²) >= 11 is 0. The molecule has 0 fully saturated rings. The molecule has 0 aromatic heterocycles. The van der Waals surface area contributed by atoms with Gasteiger partial charge in [-0.25, -0.2) is 0 Å². The van der Waals surface area contributed by atoms with Crippen LogP contribution in [0.5, 0.6) is 0 Å². The third-order valence-electron chi connectivity index (χ3n) is 8.10. The molecule has 0 aliphatic heterocycles. The summed E-state index contributed by atoms with van der Waals surface area (Å²) in [5.74, 6) is -2.28. The van der Waals surface area contributed by atoms with E-state index in [1.807, 2.05) is 21.1 Å². The molecule has 9 heteroatoms. The van der Waals surface area contributed by atoms with Crippen molar-refractivity contribution in [2.75, 3.05) is 47.5 Å². The molecule has 9 nitrogen and oxygen atoms in total. The molecule has 0 aliphatic rings. The molecular weight excluding hydrogens is 586 g/mol. The normalized spacial score (nSPS) is 13.0. The fourth-order valence-electron chi connectivity index (χ4n) is 5.12. The number of unbranched alkanes of at least 4 members (excludes halogenated alkanes) is 19. The number of ether oxygens (including phenoxy) is 4. The quantitative estimate of drug-likeness (QED) is 0.0308. The second kappa shape index (κ2) is 30.6. The van der Waals surface area contributed by atoms with Gasteiger partial charge in [0.2, 0.25) is 0 Å². The number of hydrogen-bond acceptors (Lipinski definition) is 8. The van der Waals surface area contributed by atoms with E-state index in [0.717, 1.165) is 38.5 Å². The molecule has 0 saturated carbocycles. The first-order valence-electron chi connectivity index (χ1n) is 18.7. The topological polar surface area (TPSA) is 111 Å². The number of esters is 2. The summed E-state index contributed by atoms with van der Waals surface area (Å²) in [4.78, 5) is 36.5. The molecule has 0 N–H and O–H groups in total. The van der Waals surface area contributed by atoms with Crippen LogP contribution in [0, 0.1) is 0 Å². The zero-order chi connectivity index (χ0) is 34.3. The predicted molar refractivity (Wildman–Crippen MR) is 182 cm³/mol. The third-order valence-corrected chi connectivity index (χ3v) is 8.10. The highest BCUT2D eigenvalue weighted by atomic mass is 16.7. The molecule has 0 aromatic rings. The summed E-state index contributed by atoms with van der Waals surface area (Å²) in [6, 6.07) is 0. The number of rotatable bonds is 34. The second-order valence-corrected chi connectivity index (χ2v) is 13.9. The first-order valence-corrected chi connectivity index (χ1v) is 18.7. The molecule has 0 rings (SSSR count). The summed E-state index contributed by atoms with van der Waals surface area (Å²) in [5, 5.41) is 11.6. The first kappa shape index (κ1) is 44.3. The molecule has 0 amide bonds. The van der Waals surface area contributed by atoms with Crippen LogP contribution in [0.2, 0.25) is 0 Å². The minimum absolute atomic E-state index is 0.152. The van der Waals surface area contributed by atoms with Crippen LogP contribution in [0.4, 0.5) is 0 Å². The van der Waals surface area contributed by atoms with Crippen molar-refractivity contribution >= 4 is 17.9 Å². The van der Waals surface area contributed by atoms with Crippen molar-refractivity contribution in [1.29, 1.82) is 0 Å². The number of carboxylic acids is 1. The van der Waals surface area contributed by atoms with Crippen molar-refractivity contribution in [2.24, 2.45) is 0 Å².